The Morgan fingerprint density at radius 3 is 2.18 bits per heavy atom. The molecule has 2 aromatic rings. The largest absolute Gasteiger partial charge is 0.352 e. The maximum Gasteiger partial charge on any atom is 0.244 e. The van der Waals surface area contributed by atoms with Gasteiger partial charge in [-0.05, 0) is 56.9 Å². The molecule has 2 atom stereocenters. The van der Waals surface area contributed by atoms with Crippen molar-refractivity contribution < 1.29 is 18.0 Å². The Balaban J connectivity index is 2.37. The minimum absolute atomic E-state index is 0.0320. The van der Waals surface area contributed by atoms with Crippen LogP contribution < -0.4 is 9.62 Å². The molecule has 0 radical (unpaired) electrons. The van der Waals surface area contributed by atoms with Crippen molar-refractivity contribution in [1.82, 2.24) is 10.2 Å². The molecule has 0 aliphatic rings. The summed E-state index contributed by atoms with van der Waals surface area (Å²) >= 11 is 0. The number of nitrogens with one attached hydrogen (secondary N) is 1. The third-order valence-corrected chi connectivity index (χ3v) is 7.06. The fourth-order valence-electron chi connectivity index (χ4n) is 3.57. The first kappa shape index (κ1) is 27.4. The van der Waals surface area contributed by atoms with Gasteiger partial charge >= 0.3 is 0 Å². The summed E-state index contributed by atoms with van der Waals surface area (Å²) in [5.74, 6) is -0.716. The number of nitrogens with zero attached hydrogens (tertiary/aromatic N) is 2. The normalized spacial score (nSPS) is 13.1. The number of rotatable bonds is 11. The molecular weight excluding hydrogens is 450 g/mol. The minimum Gasteiger partial charge on any atom is -0.352 e. The van der Waals surface area contributed by atoms with Crippen molar-refractivity contribution in [1.29, 1.82) is 0 Å². The number of hydrogen-bond donors (Lipinski definition) is 1. The topological polar surface area (TPSA) is 86.8 Å². The van der Waals surface area contributed by atoms with Gasteiger partial charge in [0.1, 0.15) is 12.6 Å². The Kier molecular flexibility index (Phi) is 9.67. The third kappa shape index (κ3) is 7.58. The first-order valence-electron chi connectivity index (χ1n) is 11.7. The summed E-state index contributed by atoms with van der Waals surface area (Å²) in [5.41, 5.74) is 3.39. The molecule has 0 bridgehead atoms. The van der Waals surface area contributed by atoms with Crippen LogP contribution in [0.2, 0.25) is 0 Å². The zero-order valence-corrected chi connectivity index (χ0v) is 21.9. The van der Waals surface area contributed by atoms with E-state index in [1.807, 2.05) is 64.1 Å². The van der Waals surface area contributed by atoms with Crippen molar-refractivity contribution in [2.45, 2.75) is 66.1 Å². The lowest BCUT2D eigenvalue weighted by molar-refractivity contribution is -0.139. The van der Waals surface area contributed by atoms with Crippen LogP contribution in [-0.4, -0.2) is 50.0 Å². The minimum atomic E-state index is -3.73. The summed E-state index contributed by atoms with van der Waals surface area (Å²) in [4.78, 5) is 27.9. The van der Waals surface area contributed by atoms with E-state index < -0.39 is 28.5 Å². The van der Waals surface area contributed by atoms with Crippen LogP contribution in [0.5, 0.6) is 0 Å². The van der Waals surface area contributed by atoms with Crippen LogP contribution in [0, 0.1) is 6.92 Å². The molecular formula is C26H37N3O4S. The van der Waals surface area contributed by atoms with E-state index in [0.29, 0.717) is 5.69 Å². The molecule has 7 nitrogen and oxygen atoms in total. The smallest absolute Gasteiger partial charge is 0.244 e. The molecule has 186 valence electrons. The van der Waals surface area contributed by atoms with Gasteiger partial charge in [0.2, 0.25) is 21.8 Å². The number of benzene rings is 2. The maximum absolute atomic E-state index is 13.5. The van der Waals surface area contributed by atoms with Gasteiger partial charge in [-0.25, -0.2) is 8.42 Å². The SMILES string of the molecule is CCc1ccc(N(CC(=O)N(Cc2cccc(C)c2)[C@H](C)C(=O)N[C@@H](C)CC)S(C)(=O)=O)cc1. The number of carbonyl (C=O) groups is 2. The Hall–Kier alpha value is -2.87. The second-order valence-corrected chi connectivity index (χ2v) is 10.7. The van der Waals surface area contributed by atoms with Gasteiger partial charge in [0.05, 0.1) is 11.9 Å². The Morgan fingerprint density at radius 1 is 1.00 bits per heavy atom. The van der Waals surface area contributed by atoms with E-state index in [1.54, 1.807) is 19.1 Å². The summed E-state index contributed by atoms with van der Waals surface area (Å²) in [6.45, 7) is 9.33. The number of sulfonamides is 1. The van der Waals surface area contributed by atoms with Gasteiger partial charge in [-0.2, -0.15) is 0 Å². The Labute approximate surface area is 204 Å². The molecule has 8 heteroatoms. The summed E-state index contributed by atoms with van der Waals surface area (Å²) in [6.07, 6.45) is 2.67. The Bertz CT molecular complexity index is 1080. The van der Waals surface area contributed by atoms with Crippen LogP contribution in [0.4, 0.5) is 5.69 Å². The molecule has 2 amide bonds. The number of carbonyl (C=O) groups excluding carboxylic acids is 2. The molecule has 0 aromatic heterocycles. The Morgan fingerprint density at radius 2 is 1.65 bits per heavy atom. The zero-order chi connectivity index (χ0) is 25.5. The molecule has 0 aliphatic carbocycles. The predicted molar refractivity (Wildman–Crippen MR) is 137 cm³/mol. The summed E-state index contributed by atoms with van der Waals surface area (Å²) in [7, 11) is -3.73. The fraction of sp³-hybridized carbons (Fsp3) is 0.462. The number of anilines is 1. The average Bonchev–Trinajstić information content (AvgIpc) is 2.79. The molecule has 2 aromatic carbocycles. The van der Waals surface area contributed by atoms with Crippen molar-refractivity contribution in [2.24, 2.45) is 0 Å². The van der Waals surface area contributed by atoms with Crippen LogP contribution in [0.3, 0.4) is 0 Å². The van der Waals surface area contributed by atoms with Gasteiger partial charge in [-0.3, -0.25) is 13.9 Å². The van der Waals surface area contributed by atoms with Crippen LogP contribution in [0.15, 0.2) is 48.5 Å². The molecule has 34 heavy (non-hydrogen) atoms. The first-order chi connectivity index (χ1) is 16.0. The summed E-state index contributed by atoms with van der Waals surface area (Å²) in [5, 5.41) is 2.93. The number of hydrogen-bond acceptors (Lipinski definition) is 4. The van der Waals surface area contributed by atoms with E-state index in [0.717, 1.165) is 40.1 Å². The van der Waals surface area contributed by atoms with Crippen molar-refractivity contribution >= 4 is 27.5 Å². The number of aryl methyl sites for hydroxylation is 2. The van der Waals surface area contributed by atoms with Crippen LogP contribution in [-0.2, 0) is 32.6 Å². The molecule has 0 saturated carbocycles. The molecule has 0 heterocycles. The fourth-order valence-corrected chi connectivity index (χ4v) is 4.42. The molecule has 0 saturated heterocycles. The van der Waals surface area contributed by atoms with Crippen LogP contribution >= 0.6 is 0 Å². The average molecular weight is 488 g/mol. The molecule has 0 unspecified atom stereocenters. The number of amides is 2. The van der Waals surface area contributed by atoms with Gasteiger partial charge < -0.3 is 10.2 Å². The van der Waals surface area contributed by atoms with E-state index in [1.165, 1.54) is 4.90 Å². The third-order valence-electron chi connectivity index (χ3n) is 5.92. The molecule has 0 spiro atoms. The second-order valence-electron chi connectivity index (χ2n) is 8.79. The van der Waals surface area contributed by atoms with Gasteiger partial charge in [0, 0.05) is 12.6 Å². The van der Waals surface area contributed by atoms with Crippen molar-refractivity contribution in [3.05, 3.63) is 65.2 Å². The summed E-state index contributed by atoms with van der Waals surface area (Å²) < 4.78 is 26.3. The van der Waals surface area contributed by atoms with Gasteiger partial charge in [-0.15, -0.1) is 0 Å². The van der Waals surface area contributed by atoms with E-state index in [9.17, 15) is 18.0 Å². The highest BCUT2D eigenvalue weighted by Gasteiger charge is 2.30. The van der Waals surface area contributed by atoms with Crippen LogP contribution in [0.1, 0.15) is 50.8 Å². The van der Waals surface area contributed by atoms with E-state index in [4.69, 9.17) is 0 Å². The van der Waals surface area contributed by atoms with E-state index in [2.05, 4.69) is 5.32 Å². The van der Waals surface area contributed by atoms with Crippen LogP contribution in [0.25, 0.3) is 0 Å². The maximum atomic E-state index is 13.5. The highest BCUT2D eigenvalue weighted by molar-refractivity contribution is 7.92. The lowest BCUT2D eigenvalue weighted by Crippen LogP contribution is -2.52. The van der Waals surface area contributed by atoms with Crippen molar-refractivity contribution in [3.63, 3.8) is 0 Å². The standard InChI is InChI=1S/C26H37N3O4S/c1-7-20(4)27-26(31)21(5)28(17-23-11-9-10-19(3)16-23)25(30)18-29(34(6,32)33)24-14-12-22(8-2)13-15-24/h9-16,20-21H,7-8,17-18H2,1-6H3,(H,27,31)/t20-,21+/m0/s1. The monoisotopic (exact) mass is 487 g/mol. The predicted octanol–water partition coefficient (Wildman–Crippen LogP) is 3.66. The molecule has 2 rings (SSSR count). The molecule has 1 N–H and O–H groups in total. The van der Waals surface area contributed by atoms with E-state index in [-0.39, 0.29) is 18.5 Å². The van der Waals surface area contributed by atoms with Crippen molar-refractivity contribution in [2.75, 3.05) is 17.1 Å². The zero-order valence-electron chi connectivity index (χ0n) is 21.0. The highest BCUT2D eigenvalue weighted by atomic mass is 32.2. The first-order valence-corrected chi connectivity index (χ1v) is 13.5. The molecule has 0 aliphatic heterocycles. The van der Waals surface area contributed by atoms with Gasteiger partial charge in [-0.1, -0.05) is 55.8 Å². The summed E-state index contributed by atoms with van der Waals surface area (Å²) in [6, 6.07) is 14.0. The van der Waals surface area contributed by atoms with Gasteiger partial charge in [0.15, 0.2) is 0 Å². The van der Waals surface area contributed by atoms with Gasteiger partial charge in [0.25, 0.3) is 0 Å². The van der Waals surface area contributed by atoms with Crippen molar-refractivity contribution in [3.8, 4) is 0 Å². The quantitative estimate of drug-likeness (QED) is 0.524. The molecule has 0 fully saturated rings. The lowest BCUT2D eigenvalue weighted by Gasteiger charge is -2.32. The van der Waals surface area contributed by atoms with E-state index >= 15 is 0 Å². The second kappa shape index (κ2) is 12.0. The lowest BCUT2D eigenvalue weighted by atomic mass is 10.1. The highest BCUT2D eigenvalue weighted by Crippen LogP contribution is 2.20.